The molecule has 2 N–H and O–H groups in total. The van der Waals surface area contributed by atoms with Gasteiger partial charge in [-0.1, -0.05) is 11.6 Å². The second-order valence-corrected chi connectivity index (χ2v) is 8.74. The number of ether oxygens (including phenoxy) is 1. The summed E-state index contributed by atoms with van der Waals surface area (Å²) in [5, 5.41) is 4.55. The van der Waals surface area contributed by atoms with Crippen molar-refractivity contribution in [2.75, 3.05) is 51.3 Å². The second-order valence-electron chi connectivity index (χ2n) is 7.43. The van der Waals surface area contributed by atoms with Crippen LogP contribution in [0, 0.1) is 6.92 Å². The maximum Gasteiger partial charge on any atom is 0.431 e. The molecule has 0 atom stereocenters. The number of allylic oxidation sites excluding steroid dienone is 1. The molecule has 12 heteroatoms. The van der Waals surface area contributed by atoms with E-state index in [0.29, 0.717) is 26.2 Å². The Morgan fingerprint density at radius 1 is 1.28 bits per heavy atom. The molecule has 2 aliphatic heterocycles. The average Bonchev–Trinajstić information content (AvgIpc) is 2.73. The van der Waals surface area contributed by atoms with E-state index < -0.39 is 18.3 Å². The van der Waals surface area contributed by atoms with Crippen LogP contribution in [-0.4, -0.2) is 74.1 Å². The summed E-state index contributed by atoms with van der Waals surface area (Å²) in [6, 6.07) is 3.90. The highest BCUT2D eigenvalue weighted by molar-refractivity contribution is 9.10. The van der Waals surface area contributed by atoms with Crippen LogP contribution in [0.1, 0.15) is 12.0 Å². The normalized spacial score (nSPS) is 17.6. The van der Waals surface area contributed by atoms with Crippen LogP contribution in [0.3, 0.4) is 0 Å². The number of halogens is 5. The summed E-state index contributed by atoms with van der Waals surface area (Å²) in [5.74, 6) is 0.416. The number of benzene rings is 1. The number of hydrogen-bond donors (Lipinski definition) is 1. The molecule has 0 aliphatic carbocycles. The van der Waals surface area contributed by atoms with Gasteiger partial charge in [0.2, 0.25) is 5.91 Å². The van der Waals surface area contributed by atoms with Crippen molar-refractivity contribution in [3.8, 4) is 5.75 Å². The molecule has 0 bridgehead atoms. The molecular formula is C20H24BrClF3N5O2. The molecule has 0 spiro atoms. The van der Waals surface area contributed by atoms with Crippen LogP contribution in [-0.2, 0) is 4.79 Å². The van der Waals surface area contributed by atoms with Gasteiger partial charge in [-0.2, -0.15) is 18.3 Å². The third-order valence-corrected chi connectivity index (χ3v) is 6.48. The van der Waals surface area contributed by atoms with Gasteiger partial charge in [0.15, 0.2) is 0 Å². The van der Waals surface area contributed by atoms with E-state index in [9.17, 15) is 18.0 Å². The van der Waals surface area contributed by atoms with E-state index in [1.54, 1.807) is 12.0 Å². The van der Waals surface area contributed by atoms with E-state index >= 15 is 0 Å². The van der Waals surface area contributed by atoms with Crippen molar-refractivity contribution in [2.45, 2.75) is 19.5 Å². The predicted molar refractivity (Wildman–Crippen MR) is 121 cm³/mol. The van der Waals surface area contributed by atoms with Gasteiger partial charge in [0.1, 0.15) is 18.0 Å². The first-order chi connectivity index (χ1) is 15.1. The summed E-state index contributed by atoms with van der Waals surface area (Å²) in [7, 11) is 1.61. The second kappa shape index (κ2) is 9.88. The van der Waals surface area contributed by atoms with E-state index in [2.05, 4.69) is 25.9 Å². The van der Waals surface area contributed by atoms with Crippen LogP contribution >= 0.6 is 27.5 Å². The Kier molecular flexibility index (Phi) is 7.61. The lowest BCUT2D eigenvalue weighted by Gasteiger charge is -2.38. The lowest BCUT2D eigenvalue weighted by molar-refractivity contribution is -0.132. The Labute approximate surface area is 197 Å². The van der Waals surface area contributed by atoms with Crippen LogP contribution in [0.15, 0.2) is 32.4 Å². The van der Waals surface area contributed by atoms with Gasteiger partial charge in [0.05, 0.1) is 17.3 Å². The summed E-state index contributed by atoms with van der Waals surface area (Å²) in [5.41, 5.74) is 6.82. The molecule has 0 aromatic heterocycles. The molecule has 1 aromatic rings. The number of carbonyl (C=O) groups is 1. The molecule has 2 aliphatic rings. The number of nitrogens with two attached hydrogens (primary N) is 1. The third-order valence-electron chi connectivity index (χ3n) is 5.50. The molecule has 2 heterocycles. The van der Waals surface area contributed by atoms with Gasteiger partial charge in [-0.3, -0.25) is 9.80 Å². The molecule has 1 amide bonds. The Morgan fingerprint density at radius 3 is 2.50 bits per heavy atom. The number of nitrogens with zero attached hydrogens (tertiary/aromatic N) is 4. The largest absolute Gasteiger partial charge is 0.495 e. The minimum atomic E-state index is -4.63. The lowest BCUT2D eigenvalue weighted by atomic mass is 10.1. The quantitative estimate of drug-likeness (QED) is 0.622. The van der Waals surface area contributed by atoms with Crippen LogP contribution in [0.2, 0.25) is 0 Å². The van der Waals surface area contributed by atoms with Gasteiger partial charge in [-0.25, -0.2) is 0 Å². The molecule has 1 aromatic carbocycles. The van der Waals surface area contributed by atoms with Crippen molar-refractivity contribution in [2.24, 2.45) is 10.8 Å². The summed E-state index contributed by atoms with van der Waals surface area (Å²) in [4.78, 5) is 16.6. The molecule has 0 radical (unpaired) electrons. The molecule has 7 nitrogen and oxygen atoms in total. The fourth-order valence-electron chi connectivity index (χ4n) is 3.80. The zero-order valence-corrected chi connectivity index (χ0v) is 20.0. The lowest BCUT2D eigenvalue weighted by Crippen LogP contribution is -2.51. The minimum absolute atomic E-state index is 0.0490. The Balaban J connectivity index is 1.68. The zero-order valence-electron chi connectivity index (χ0n) is 17.7. The van der Waals surface area contributed by atoms with Gasteiger partial charge < -0.3 is 20.3 Å². The van der Waals surface area contributed by atoms with Crippen molar-refractivity contribution < 1.29 is 22.7 Å². The van der Waals surface area contributed by atoms with Gasteiger partial charge in [-0.05, 0) is 35.0 Å². The molecule has 32 heavy (non-hydrogen) atoms. The van der Waals surface area contributed by atoms with E-state index in [0.717, 1.165) is 26.5 Å². The minimum Gasteiger partial charge on any atom is -0.495 e. The molecule has 176 valence electrons. The van der Waals surface area contributed by atoms with Crippen molar-refractivity contribution >= 4 is 44.8 Å². The Morgan fingerprint density at radius 2 is 1.94 bits per heavy atom. The molecule has 1 fully saturated rings. The highest BCUT2D eigenvalue weighted by Crippen LogP contribution is 2.36. The average molecular weight is 539 g/mol. The SMILES string of the molecule is COc1c(Br)ccc(N2CCN(C(=O)CN3N=C(C(F)(F)F)CC(Cl)=C3CN)CC2)c1C. The smallest absolute Gasteiger partial charge is 0.431 e. The standard InChI is InChI=1S/C20H24BrClF3N5O2/c1-12-15(4-3-13(21)19(12)32-2)28-5-7-29(8-6-28)18(31)11-30-16(10-26)14(22)9-17(27-30)20(23,24)25/h3-4H,5-11,26H2,1-2H3. The fourth-order valence-corrected chi connectivity index (χ4v) is 4.69. The van der Waals surface area contributed by atoms with E-state index in [-0.39, 0.29) is 29.7 Å². The first-order valence-electron chi connectivity index (χ1n) is 9.92. The highest BCUT2D eigenvalue weighted by atomic mass is 79.9. The van der Waals surface area contributed by atoms with E-state index in [1.165, 1.54) is 0 Å². The Bertz CT molecular complexity index is 946. The Hall–Kier alpha value is -1.98. The topological polar surface area (TPSA) is 74.4 Å². The predicted octanol–water partition coefficient (Wildman–Crippen LogP) is 3.45. The fraction of sp³-hybridized carbons (Fsp3) is 0.500. The van der Waals surface area contributed by atoms with Crippen LogP contribution in [0.4, 0.5) is 18.9 Å². The van der Waals surface area contributed by atoms with Crippen molar-refractivity contribution in [1.82, 2.24) is 9.91 Å². The third kappa shape index (κ3) is 5.15. The molecule has 0 saturated carbocycles. The number of amides is 1. The number of rotatable bonds is 5. The summed E-state index contributed by atoms with van der Waals surface area (Å²) in [6.07, 6.45) is -5.17. The summed E-state index contributed by atoms with van der Waals surface area (Å²) >= 11 is 9.49. The number of hydrogen-bond acceptors (Lipinski definition) is 6. The van der Waals surface area contributed by atoms with E-state index in [1.807, 2.05) is 19.1 Å². The molecule has 0 unspecified atom stereocenters. The number of alkyl halides is 3. The van der Waals surface area contributed by atoms with Crippen molar-refractivity contribution in [3.63, 3.8) is 0 Å². The monoisotopic (exact) mass is 537 g/mol. The van der Waals surface area contributed by atoms with E-state index in [4.69, 9.17) is 22.1 Å². The first kappa shape index (κ1) is 24.7. The zero-order chi connectivity index (χ0) is 23.6. The van der Waals surface area contributed by atoms with Gasteiger partial charge in [-0.15, -0.1) is 0 Å². The number of piperazine rings is 1. The number of anilines is 1. The number of carbonyl (C=O) groups excluding carboxylic acids is 1. The molecular weight excluding hydrogens is 515 g/mol. The number of methoxy groups -OCH3 is 1. The maximum atomic E-state index is 13.1. The maximum absolute atomic E-state index is 13.1. The molecule has 1 saturated heterocycles. The summed E-state index contributed by atoms with van der Waals surface area (Å²) < 4.78 is 45.7. The molecule has 3 rings (SSSR count). The summed E-state index contributed by atoms with van der Waals surface area (Å²) in [6.45, 7) is 3.51. The van der Waals surface area contributed by atoms with Crippen LogP contribution < -0.4 is 15.4 Å². The van der Waals surface area contributed by atoms with Crippen molar-refractivity contribution in [1.29, 1.82) is 0 Å². The highest BCUT2D eigenvalue weighted by Gasteiger charge is 2.40. The van der Waals surface area contributed by atoms with Gasteiger partial charge in [0, 0.05) is 55.4 Å². The first-order valence-corrected chi connectivity index (χ1v) is 11.1. The van der Waals surface area contributed by atoms with Crippen LogP contribution in [0.5, 0.6) is 5.75 Å². The van der Waals surface area contributed by atoms with Gasteiger partial charge in [0.25, 0.3) is 0 Å². The van der Waals surface area contributed by atoms with Crippen molar-refractivity contribution in [3.05, 3.63) is 32.9 Å². The van der Waals surface area contributed by atoms with Crippen LogP contribution in [0.25, 0.3) is 0 Å². The number of hydrazone groups is 1. The van der Waals surface area contributed by atoms with Gasteiger partial charge >= 0.3 is 6.18 Å².